The molecule has 1 unspecified atom stereocenters. The Morgan fingerprint density at radius 3 is 2.46 bits per heavy atom. The second kappa shape index (κ2) is 12.7. The molecule has 2 heterocycles. The van der Waals surface area contributed by atoms with Crippen LogP contribution in [0.3, 0.4) is 0 Å². The van der Waals surface area contributed by atoms with Gasteiger partial charge in [0.25, 0.3) is 5.78 Å². The topological polar surface area (TPSA) is 124 Å². The molecular weight excluding hydrogens is 548 g/mol. The van der Waals surface area contributed by atoms with Gasteiger partial charge in [-0.25, -0.2) is 9.78 Å². The van der Waals surface area contributed by atoms with Gasteiger partial charge in [0.2, 0.25) is 0 Å². The number of Topliss-reactive ketones (excluding diaryl/α,β-unsaturated/α-hetero) is 1. The van der Waals surface area contributed by atoms with Gasteiger partial charge in [-0.15, -0.1) is 0 Å². The van der Waals surface area contributed by atoms with E-state index in [0.717, 1.165) is 17.8 Å². The van der Waals surface area contributed by atoms with Gasteiger partial charge in [0.15, 0.2) is 16.6 Å². The number of hydrogen-bond acceptors (Lipinski definition) is 10. The van der Waals surface area contributed by atoms with Crippen molar-refractivity contribution in [3.05, 3.63) is 82.4 Å². The van der Waals surface area contributed by atoms with Gasteiger partial charge in [-0.1, -0.05) is 37.0 Å². The number of amides is 1. The minimum Gasteiger partial charge on any atom is -0.507 e. The lowest BCUT2D eigenvalue weighted by Gasteiger charge is -2.23. The number of ether oxygens (including phenoxy) is 4. The molecule has 0 radical (unpaired) electrons. The van der Waals surface area contributed by atoms with Crippen LogP contribution in [0.1, 0.15) is 45.9 Å². The molecule has 1 atom stereocenters. The highest BCUT2D eigenvalue weighted by molar-refractivity contribution is 7.17. The number of aromatic nitrogens is 1. The van der Waals surface area contributed by atoms with E-state index in [1.54, 1.807) is 49.4 Å². The molecule has 1 aliphatic heterocycles. The molecule has 1 aliphatic rings. The van der Waals surface area contributed by atoms with E-state index in [0.29, 0.717) is 40.7 Å². The van der Waals surface area contributed by atoms with Gasteiger partial charge < -0.3 is 24.1 Å². The maximum absolute atomic E-state index is 13.5. The monoisotopic (exact) mass is 578 g/mol. The Morgan fingerprint density at radius 2 is 1.83 bits per heavy atom. The molecule has 10 nitrogen and oxygen atoms in total. The van der Waals surface area contributed by atoms with Gasteiger partial charge >= 0.3 is 11.9 Å². The van der Waals surface area contributed by atoms with E-state index in [-0.39, 0.29) is 27.9 Å². The minimum atomic E-state index is -1.09. The zero-order chi connectivity index (χ0) is 29.7. The summed E-state index contributed by atoms with van der Waals surface area (Å²) in [5.41, 5.74) is 0.957. The van der Waals surface area contributed by atoms with Gasteiger partial charge in [-0.3, -0.25) is 14.5 Å². The van der Waals surface area contributed by atoms with Crippen molar-refractivity contribution in [2.45, 2.75) is 26.3 Å². The van der Waals surface area contributed by atoms with E-state index < -0.39 is 23.7 Å². The number of aliphatic hydroxyl groups is 1. The number of esters is 1. The number of rotatable bonds is 11. The number of anilines is 1. The number of thiazole rings is 1. The zero-order valence-electron chi connectivity index (χ0n) is 23.1. The SMILES string of the molecule is C=CCOC(=O)c1sc(N2C(=O)C(=O)/C(=C(/O)c3ccc(OCCC)cc3)C2c2ccc(OC)c(OC)c2)nc1C. The number of benzene rings is 2. The summed E-state index contributed by atoms with van der Waals surface area (Å²) >= 11 is 0.912. The van der Waals surface area contributed by atoms with Crippen molar-refractivity contribution in [1.82, 2.24) is 4.98 Å². The molecule has 11 heteroatoms. The average molecular weight is 579 g/mol. The summed E-state index contributed by atoms with van der Waals surface area (Å²) in [7, 11) is 2.95. The van der Waals surface area contributed by atoms with Gasteiger partial charge in [0, 0.05) is 5.56 Å². The fourth-order valence-electron chi connectivity index (χ4n) is 4.33. The molecule has 1 amide bonds. The predicted molar refractivity (Wildman–Crippen MR) is 154 cm³/mol. The summed E-state index contributed by atoms with van der Waals surface area (Å²) in [6.07, 6.45) is 2.27. The van der Waals surface area contributed by atoms with E-state index in [2.05, 4.69) is 11.6 Å². The second-order valence-electron chi connectivity index (χ2n) is 8.95. The average Bonchev–Trinajstić information content (AvgIpc) is 3.50. The molecule has 1 aromatic heterocycles. The number of carbonyl (C=O) groups is 3. The Morgan fingerprint density at radius 1 is 1.12 bits per heavy atom. The van der Waals surface area contributed by atoms with E-state index in [1.807, 2.05) is 6.92 Å². The molecule has 1 saturated heterocycles. The first kappa shape index (κ1) is 29.3. The Hall–Kier alpha value is -4.64. The van der Waals surface area contributed by atoms with E-state index in [1.165, 1.54) is 25.2 Å². The summed E-state index contributed by atoms with van der Waals surface area (Å²) in [5.74, 6) is -1.41. The van der Waals surface area contributed by atoms with Gasteiger partial charge in [0.1, 0.15) is 23.0 Å². The van der Waals surface area contributed by atoms with Crippen LogP contribution >= 0.6 is 11.3 Å². The molecule has 2 aromatic carbocycles. The highest BCUT2D eigenvalue weighted by atomic mass is 32.1. The van der Waals surface area contributed by atoms with Crippen LogP contribution < -0.4 is 19.1 Å². The Kier molecular flexibility index (Phi) is 9.08. The summed E-state index contributed by atoms with van der Waals surface area (Å²) in [6, 6.07) is 10.4. The van der Waals surface area contributed by atoms with Gasteiger partial charge in [-0.05, 0) is 55.3 Å². The van der Waals surface area contributed by atoms with Crippen LogP contribution in [0.25, 0.3) is 5.76 Å². The van der Waals surface area contributed by atoms with E-state index in [9.17, 15) is 19.5 Å². The summed E-state index contributed by atoms with van der Waals surface area (Å²) < 4.78 is 21.6. The zero-order valence-corrected chi connectivity index (χ0v) is 23.9. The first-order valence-corrected chi connectivity index (χ1v) is 13.6. The van der Waals surface area contributed by atoms with Crippen LogP contribution in [0, 0.1) is 6.92 Å². The molecule has 4 rings (SSSR count). The molecule has 1 fully saturated rings. The Balaban J connectivity index is 1.87. The third-order valence-electron chi connectivity index (χ3n) is 6.28. The van der Waals surface area contributed by atoms with Crippen LogP contribution in [0.2, 0.25) is 0 Å². The van der Waals surface area contributed by atoms with Crippen LogP contribution in [0.4, 0.5) is 5.13 Å². The first-order chi connectivity index (χ1) is 19.7. The third-order valence-corrected chi connectivity index (χ3v) is 7.41. The lowest BCUT2D eigenvalue weighted by atomic mass is 9.95. The van der Waals surface area contributed by atoms with Crippen molar-refractivity contribution in [2.75, 3.05) is 32.3 Å². The summed E-state index contributed by atoms with van der Waals surface area (Å²) in [6.45, 7) is 7.67. The summed E-state index contributed by atoms with van der Waals surface area (Å²) in [5, 5.41) is 11.5. The molecule has 1 N–H and O–H groups in total. The number of ketones is 1. The normalized spacial score (nSPS) is 16.0. The fourth-order valence-corrected chi connectivity index (χ4v) is 5.31. The highest BCUT2D eigenvalue weighted by Crippen LogP contribution is 2.45. The number of nitrogens with zero attached hydrogens (tertiary/aromatic N) is 2. The van der Waals surface area contributed by atoms with Crippen LogP contribution in [0.5, 0.6) is 17.2 Å². The number of methoxy groups -OCH3 is 2. The summed E-state index contributed by atoms with van der Waals surface area (Å²) in [4.78, 5) is 45.4. The number of carbonyl (C=O) groups excluding carboxylic acids is 3. The number of aliphatic hydroxyl groups excluding tert-OH is 1. The molecule has 0 bridgehead atoms. The predicted octanol–water partition coefficient (Wildman–Crippen LogP) is 5.23. The van der Waals surface area contributed by atoms with Gasteiger partial charge in [0.05, 0.1) is 38.1 Å². The first-order valence-electron chi connectivity index (χ1n) is 12.8. The van der Waals surface area contributed by atoms with Crippen molar-refractivity contribution in [1.29, 1.82) is 0 Å². The molecule has 0 aliphatic carbocycles. The van der Waals surface area contributed by atoms with Crippen LogP contribution in [-0.4, -0.2) is 55.2 Å². The molecule has 0 saturated carbocycles. The van der Waals surface area contributed by atoms with Crippen molar-refractivity contribution in [2.24, 2.45) is 0 Å². The van der Waals surface area contributed by atoms with Crippen LogP contribution in [0.15, 0.2) is 60.7 Å². The lowest BCUT2D eigenvalue weighted by molar-refractivity contribution is -0.132. The lowest BCUT2D eigenvalue weighted by Crippen LogP contribution is -2.29. The van der Waals surface area contributed by atoms with E-state index >= 15 is 0 Å². The van der Waals surface area contributed by atoms with Crippen molar-refractivity contribution in [3.63, 3.8) is 0 Å². The molecule has 214 valence electrons. The Bertz CT molecular complexity index is 1510. The highest BCUT2D eigenvalue weighted by Gasteiger charge is 2.48. The third kappa shape index (κ3) is 5.80. The number of aryl methyl sites for hydroxylation is 1. The fraction of sp³-hybridized carbons (Fsp3) is 0.267. The van der Waals surface area contributed by atoms with Crippen LogP contribution in [-0.2, 0) is 14.3 Å². The maximum atomic E-state index is 13.5. The maximum Gasteiger partial charge on any atom is 0.350 e. The largest absolute Gasteiger partial charge is 0.507 e. The van der Waals surface area contributed by atoms with Crippen molar-refractivity contribution < 1.29 is 38.4 Å². The standard InChI is InChI=1S/C30H30N2O8S/c1-6-14-39-20-11-8-18(9-12-20)25(33)23-24(19-10-13-21(37-4)22(16-19)38-5)32(28(35)26(23)34)30-31-17(3)27(41-30)29(36)40-15-7-2/h7-13,16,24,33H,2,6,14-15H2,1,3-5H3/b25-23+. The second-order valence-corrected chi connectivity index (χ2v) is 9.93. The molecular formula is C30H30N2O8S. The van der Waals surface area contributed by atoms with Crippen molar-refractivity contribution in [3.8, 4) is 17.2 Å². The minimum absolute atomic E-state index is 0.00391. The molecule has 3 aromatic rings. The van der Waals surface area contributed by atoms with E-state index in [4.69, 9.17) is 18.9 Å². The quantitative estimate of drug-likeness (QED) is 0.107. The molecule has 0 spiro atoms. The smallest absolute Gasteiger partial charge is 0.350 e. The Labute approximate surface area is 241 Å². The van der Waals surface area contributed by atoms with Gasteiger partial charge in [-0.2, -0.15) is 0 Å². The molecule has 41 heavy (non-hydrogen) atoms. The van der Waals surface area contributed by atoms with Crippen molar-refractivity contribution >= 4 is 39.9 Å². The number of hydrogen-bond donors (Lipinski definition) is 1.